The van der Waals surface area contributed by atoms with Gasteiger partial charge in [0, 0.05) is 6.07 Å². The van der Waals surface area contributed by atoms with Crippen molar-refractivity contribution in [2.45, 2.75) is 19.3 Å². The molecule has 2 aromatic carbocycles. The molecular formula is C19H20ClNO4. The van der Waals surface area contributed by atoms with Gasteiger partial charge in [-0.3, -0.25) is 4.79 Å². The number of benzene rings is 2. The lowest BCUT2D eigenvalue weighted by molar-refractivity contribution is -0.120. The molecule has 1 heterocycles. The number of anilines is 1. The standard InChI is InChI=1S/C19H20ClNO4/c1-19(2,12-4-7-16-17(10-12)25-9-8-24-16)18(22)21-15-6-5-13(23-3)11-14(15)20/h4-7,10-11H,8-9H2,1-3H3,(H,21,22). The number of amides is 1. The number of carbonyl (C=O) groups is 1. The molecule has 0 aromatic heterocycles. The van der Waals surface area contributed by atoms with Crippen molar-refractivity contribution >= 4 is 23.2 Å². The molecule has 1 aliphatic heterocycles. The van der Waals surface area contributed by atoms with E-state index >= 15 is 0 Å². The minimum absolute atomic E-state index is 0.170. The summed E-state index contributed by atoms with van der Waals surface area (Å²) < 4.78 is 16.3. The van der Waals surface area contributed by atoms with Crippen LogP contribution < -0.4 is 19.5 Å². The number of nitrogens with one attached hydrogen (secondary N) is 1. The molecule has 0 aliphatic carbocycles. The first-order chi connectivity index (χ1) is 11.9. The summed E-state index contributed by atoms with van der Waals surface area (Å²) in [6.45, 7) is 4.74. The number of carbonyl (C=O) groups excluding carboxylic acids is 1. The monoisotopic (exact) mass is 361 g/mol. The van der Waals surface area contributed by atoms with Gasteiger partial charge in [-0.15, -0.1) is 0 Å². The van der Waals surface area contributed by atoms with Crippen molar-refractivity contribution in [2.24, 2.45) is 0 Å². The fraction of sp³-hybridized carbons (Fsp3) is 0.316. The summed E-state index contributed by atoms with van der Waals surface area (Å²) in [4.78, 5) is 12.8. The first-order valence-corrected chi connectivity index (χ1v) is 8.35. The molecule has 25 heavy (non-hydrogen) atoms. The lowest BCUT2D eigenvalue weighted by Crippen LogP contribution is -2.35. The Morgan fingerprint density at radius 2 is 1.84 bits per heavy atom. The molecule has 132 valence electrons. The fourth-order valence-corrected chi connectivity index (χ4v) is 2.78. The molecule has 0 spiro atoms. The van der Waals surface area contributed by atoms with Crippen LogP contribution >= 0.6 is 11.6 Å². The normalized spacial score (nSPS) is 13.3. The molecule has 1 N–H and O–H groups in total. The Hall–Kier alpha value is -2.40. The number of halogens is 1. The van der Waals surface area contributed by atoms with Gasteiger partial charge in [0.05, 0.1) is 23.2 Å². The largest absolute Gasteiger partial charge is 0.497 e. The van der Waals surface area contributed by atoms with E-state index in [0.717, 1.165) is 5.56 Å². The smallest absolute Gasteiger partial charge is 0.234 e. The Bertz CT molecular complexity index is 804. The zero-order chi connectivity index (χ0) is 18.0. The molecule has 0 radical (unpaired) electrons. The van der Waals surface area contributed by atoms with Gasteiger partial charge < -0.3 is 19.5 Å². The van der Waals surface area contributed by atoms with Gasteiger partial charge in [0.25, 0.3) is 0 Å². The number of methoxy groups -OCH3 is 1. The highest BCUT2D eigenvalue weighted by molar-refractivity contribution is 6.34. The van der Waals surface area contributed by atoms with E-state index in [0.29, 0.717) is 41.2 Å². The molecular weight excluding hydrogens is 342 g/mol. The molecule has 0 fully saturated rings. The number of fused-ring (bicyclic) bond motifs is 1. The minimum Gasteiger partial charge on any atom is -0.497 e. The van der Waals surface area contributed by atoms with Gasteiger partial charge in [-0.25, -0.2) is 0 Å². The maximum atomic E-state index is 12.8. The summed E-state index contributed by atoms with van der Waals surface area (Å²) in [5.41, 5.74) is 0.594. The third kappa shape index (κ3) is 3.51. The van der Waals surface area contributed by atoms with Crippen LogP contribution in [0.3, 0.4) is 0 Å². The maximum Gasteiger partial charge on any atom is 0.234 e. The van der Waals surface area contributed by atoms with E-state index in [1.807, 2.05) is 32.0 Å². The van der Waals surface area contributed by atoms with E-state index in [1.54, 1.807) is 25.3 Å². The van der Waals surface area contributed by atoms with Crippen LogP contribution in [0.15, 0.2) is 36.4 Å². The highest BCUT2D eigenvalue weighted by Crippen LogP contribution is 2.36. The Balaban J connectivity index is 1.83. The Morgan fingerprint density at radius 1 is 1.12 bits per heavy atom. The van der Waals surface area contributed by atoms with Gasteiger partial charge in [0.1, 0.15) is 19.0 Å². The number of hydrogen-bond acceptors (Lipinski definition) is 4. The molecule has 1 amide bonds. The van der Waals surface area contributed by atoms with Gasteiger partial charge in [-0.05, 0) is 43.7 Å². The number of rotatable bonds is 4. The predicted octanol–water partition coefficient (Wildman–Crippen LogP) is 4.04. The van der Waals surface area contributed by atoms with Crippen LogP contribution in [0.25, 0.3) is 0 Å². The first kappa shape index (κ1) is 17.4. The molecule has 1 aliphatic rings. The van der Waals surface area contributed by atoms with E-state index in [1.165, 1.54) is 0 Å². The summed E-state index contributed by atoms with van der Waals surface area (Å²) >= 11 is 6.21. The van der Waals surface area contributed by atoms with Crippen LogP contribution in [-0.2, 0) is 10.2 Å². The summed E-state index contributed by atoms with van der Waals surface area (Å²) in [6.07, 6.45) is 0. The van der Waals surface area contributed by atoms with Crippen LogP contribution in [0.5, 0.6) is 17.2 Å². The average molecular weight is 362 g/mol. The van der Waals surface area contributed by atoms with Crippen LogP contribution in [0.2, 0.25) is 5.02 Å². The van der Waals surface area contributed by atoms with Crippen LogP contribution in [0, 0.1) is 0 Å². The highest BCUT2D eigenvalue weighted by Gasteiger charge is 2.31. The third-order valence-corrected chi connectivity index (χ3v) is 4.57. The predicted molar refractivity (Wildman–Crippen MR) is 97.1 cm³/mol. The van der Waals surface area contributed by atoms with Crippen molar-refractivity contribution in [2.75, 3.05) is 25.6 Å². The molecule has 2 aromatic rings. The molecule has 0 saturated heterocycles. The van der Waals surface area contributed by atoms with Gasteiger partial charge >= 0.3 is 0 Å². The third-order valence-electron chi connectivity index (χ3n) is 4.26. The highest BCUT2D eigenvalue weighted by atomic mass is 35.5. The second kappa shape index (κ2) is 6.84. The first-order valence-electron chi connectivity index (χ1n) is 7.97. The minimum atomic E-state index is -0.779. The van der Waals surface area contributed by atoms with Crippen molar-refractivity contribution in [3.05, 3.63) is 47.0 Å². The van der Waals surface area contributed by atoms with Gasteiger partial charge in [0.15, 0.2) is 11.5 Å². The second-order valence-electron chi connectivity index (χ2n) is 6.28. The summed E-state index contributed by atoms with van der Waals surface area (Å²) in [5, 5.41) is 3.30. The van der Waals surface area contributed by atoms with Gasteiger partial charge in [-0.1, -0.05) is 17.7 Å². The van der Waals surface area contributed by atoms with E-state index in [4.69, 9.17) is 25.8 Å². The molecule has 6 heteroatoms. The topological polar surface area (TPSA) is 56.8 Å². The Kier molecular flexibility index (Phi) is 4.77. The molecule has 0 unspecified atom stereocenters. The summed E-state index contributed by atoms with van der Waals surface area (Å²) in [6, 6.07) is 10.7. The fourth-order valence-electron chi connectivity index (χ4n) is 2.57. The molecule has 0 bridgehead atoms. The van der Waals surface area contributed by atoms with Crippen molar-refractivity contribution in [3.8, 4) is 17.2 Å². The van der Waals surface area contributed by atoms with Crippen LogP contribution in [-0.4, -0.2) is 26.2 Å². The van der Waals surface area contributed by atoms with E-state index in [9.17, 15) is 4.79 Å². The van der Waals surface area contributed by atoms with E-state index < -0.39 is 5.41 Å². The quantitative estimate of drug-likeness (QED) is 0.893. The maximum absolute atomic E-state index is 12.8. The Labute approximate surface area is 151 Å². The lowest BCUT2D eigenvalue weighted by Gasteiger charge is -2.27. The van der Waals surface area contributed by atoms with Crippen LogP contribution in [0.1, 0.15) is 19.4 Å². The zero-order valence-electron chi connectivity index (χ0n) is 14.4. The van der Waals surface area contributed by atoms with Crippen molar-refractivity contribution < 1.29 is 19.0 Å². The van der Waals surface area contributed by atoms with E-state index in [-0.39, 0.29) is 5.91 Å². The van der Waals surface area contributed by atoms with Crippen LogP contribution in [0.4, 0.5) is 5.69 Å². The number of ether oxygens (including phenoxy) is 3. The van der Waals surface area contributed by atoms with Crippen molar-refractivity contribution in [3.63, 3.8) is 0 Å². The molecule has 0 atom stereocenters. The summed E-state index contributed by atoms with van der Waals surface area (Å²) in [5.74, 6) is 1.82. The van der Waals surface area contributed by atoms with Crippen molar-refractivity contribution in [1.29, 1.82) is 0 Å². The second-order valence-corrected chi connectivity index (χ2v) is 6.69. The average Bonchev–Trinajstić information content (AvgIpc) is 2.62. The molecule has 3 rings (SSSR count). The lowest BCUT2D eigenvalue weighted by atomic mass is 9.83. The summed E-state index contributed by atoms with van der Waals surface area (Å²) in [7, 11) is 1.56. The van der Waals surface area contributed by atoms with Gasteiger partial charge in [0.2, 0.25) is 5.91 Å². The Morgan fingerprint density at radius 3 is 2.52 bits per heavy atom. The number of hydrogen-bond donors (Lipinski definition) is 1. The zero-order valence-corrected chi connectivity index (χ0v) is 15.1. The van der Waals surface area contributed by atoms with E-state index in [2.05, 4.69) is 5.32 Å². The SMILES string of the molecule is COc1ccc(NC(=O)C(C)(C)c2ccc3c(c2)OCCO3)c(Cl)c1. The molecule has 0 saturated carbocycles. The van der Waals surface area contributed by atoms with Gasteiger partial charge in [-0.2, -0.15) is 0 Å². The molecule has 5 nitrogen and oxygen atoms in total. The van der Waals surface area contributed by atoms with Crippen molar-refractivity contribution in [1.82, 2.24) is 0 Å².